The Hall–Kier alpha value is -1.30. The number of ether oxygens (including phenoxy) is 1. The molecule has 0 aliphatic heterocycles. The first-order chi connectivity index (χ1) is 8.97. The van der Waals surface area contributed by atoms with Gasteiger partial charge in [-0.1, -0.05) is 27.2 Å². The van der Waals surface area contributed by atoms with Gasteiger partial charge in [0.2, 0.25) is 0 Å². The second kappa shape index (κ2) is 10.6. The number of carbonyl (C=O) groups excluding carboxylic acids is 1. The fourth-order valence-electron chi connectivity index (χ4n) is 1.45. The molecule has 1 atom stereocenters. The molecule has 0 heterocycles. The molecule has 0 aliphatic carbocycles. The average Bonchev–Trinajstić information content (AvgIpc) is 2.32. The van der Waals surface area contributed by atoms with Gasteiger partial charge in [0.25, 0.3) is 0 Å². The third kappa shape index (κ3) is 10.3. The molecule has 0 spiro atoms. The van der Waals surface area contributed by atoms with Crippen molar-refractivity contribution in [2.24, 2.45) is 5.92 Å². The highest BCUT2D eigenvalue weighted by molar-refractivity contribution is 5.82. The van der Waals surface area contributed by atoms with Crippen LogP contribution in [0.3, 0.4) is 0 Å². The minimum Gasteiger partial charge on any atom is -0.480 e. The molecule has 0 saturated carbocycles. The van der Waals surface area contributed by atoms with E-state index in [9.17, 15) is 9.59 Å². The maximum absolute atomic E-state index is 11.4. The van der Waals surface area contributed by atoms with E-state index in [0.717, 1.165) is 0 Å². The molecule has 0 aromatic rings. The van der Waals surface area contributed by atoms with Gasteiger partial charge in [0.05, 0.1) is 0 Å². The van der Waals surface area contributed by atoms with E-state index < -0.39 is 18.0 Å². The third-order valence-corrected chi connectivity index (χ3v) is 2.38. The number of hydrogen-bond acceptors (Lipinski definition) is 3. The summed E-state index contributed by atoms with van der Waals surface area (Å²) in [4.78, 5) is 22.3. The smallest absolute Gasteiger partial charge is 0.326 e. The van der Waals surface area contributed by atoms with Crippen LogP contribution >= 0.6 is 0 Å². The van der Waals surface area contributed by atoms with E-state index in [-0.39, 0.29) is 0 Å². The van der Waals surface area contributed by atoms with E-state index in [4.69, 9.17) is 9.84 Å². The molecule has 0 aromatic carbocycles. The van der Waals surface area contributed by atoms with Gasteiger partial charge in [-0.15, -0.1) is 0 Å². The van der Waals surface area contributed by atoms with Crippen LogP contribution in [-0.2, 0) is 9.53 Å². The second-order valence-electron chi connectivity index (χ2n) is 4.90. The Balaban J connectivity index is 3.65. The summed E-state index contributed by atoms with van der Waals surface area (Å²) in [5.41, 5.74) is 0. The van der Waals surface area contributed by atoms with Gasteiger partial charge in [-0.05, 0) is 18.8 Å². The van der Waals surface area contributed by atoms with Crippen molar-refractivity contribution < 1.29 is 19.4 Å². The van der Waals surface area contributed by atoms with Crippen molar-refractivity contribution in [3.05, 3.63) is 0 Å². The molecule has 6 nitrogen and oxygen atoms in total. The molecule has 0 bridgehead atoms. The fraction of sp³-hybridized carbons (Fsp3) is 0.846. The molecule has 6 heteroatoms. The van der Waals surface area contributed by atoms with Gasteiger partial charge < -0.3 is 20.5 Å². The van der Waals surface area contributed by atoms with Crippen molar-refractivity contribution in [1.29, 1.82) is 0 Å². The number of hydrogen-bond donors (Lipinski definition) is 3. The largest absolute Gasteiger partial charge is 0.480 e. The van der Waals surface area contributed by atoms with E-state index in [1.54, 1.807) is 0 Å². The summed E-state index contributed by atoms with van der Waals surface area (Å²) in [6.07, 6.45) is 1.85. The van der Waals surface area contributed by atoms with Gasteiger partial charge in [-0.3, -0.25) is 0 Å². The number of carboxylic acid groups (broad SMARTS) is 1. The van der Waals surface area contributed by atoms with Gasteiger partial charge in [0, 0.05) is 19.8 Å². The van der Waals surface area contributed by atoms with Crippen LogP contribution in [0.4, 0.5) is 4.79 Å². The highest BCUT2D eigenvalue weighted by atomic mass is 16.5. The Labute approximate surface area is 114 Å². The van der Waals surface area contributed by atoms with Crippen molar-refractivity contribution in [3.63, 3.8) is 0 Å². The number of carbonyl (C=O) groups is 2. The number of carboxylic acids is 1. The van der Waals surface area contributed by atoms with E-state index in [2.05, 4.69) is 24.5 Å². The van der Waals surface area contributed by atoms with Crippen LogP contribution in [0.1, 0.15) is 40.0 Å². The Morgan fingerprint density at radius 3 is 2.53 bits per heavy atom. The van der Waals surface area contributed by atoms with Crippen molar-refractivity contribution in [2.45, 2.75) is 46.1 Å². The van der Waals surface area contributed by atoms with Crippen LogP contribution in [0, 0.1) is 5.92 Å². The highest BCUT2D eigenvalue weighted by Gasteiger charge is 2.18. The molecule has 112 valence electrons. The lowest BCUT2D eigenvalue weighted by atomic mass is 10.2. The van der Waals surface area contributed by atoms with Gasteiger partial charge in [-0.25, -0.2) is 9.59 Å². The lowest BCUT2D eigenvalue weighted by molar-refractivity contribution is -0.139. The Bertz CT molecular complexity index is 269. The molecule has 0 rings (SSSR count). The summed E-state index contributed by atoms with van der Waals surface area (Å²) in [5, 5.41) is 13.9. The van der Waals surface area contributed by atoms with Gasteiger partial charge in [0.15, 0.2) is 0 Å². The predicted octanol–water partition coefficient (Wildman–Crippen LogP) is 1.60. The molecule has 0 unspecified atom stereocenters. The number of nitrogens with one attached hydrogen (secondary N) is 2. The van der Waals surface area contributed by atoms with Crippen LogP contribution in [0.5, 0.6) is 0 Å². The third-order valence-electron chi connectivity index (χ3n) is 2.38. The van der Waals surface area contributed by atoms with Crippen LogP contribution in [-0.4, -0.2) is 42.9 Å². The molecule has 0 aliphatic rings. The first-order valence-electron chi connectivity index (χ1n) is 6.82. The molecule has 0 aromatic heterocycles. The lowest BCUT2D eigenvalue weighted by Crippen LogP contribution is -2.46. The Kier molecular flexibility index (Phi) is 9.88. The van der Waals surface area contributed by atoms with E-state index in [1.807, 2.05) is 6.92 Å². The SMILES string of the molecule is CCC[C@H](NC(=O)NCCCOCC(C)C)C(=O)O. The molecule has 0 saturated heterocycles. The van der Waals surface area contributed by atoms with E-state index in [1.165, 1.54) is 0 Å². The van der Waals surface area contributed by atoms with Crippen molar-refractivity contribution in [2.75, 3.05) is 19.8 Å². The number of rotatable bonds is 10. The summed E-state index contributed by atoms with van der Waals surface area (Å²) < 4.78 is 5.37. The molecule has 0 radical (unpaired) electrons. The molecule has 19 heavy (non-hydrogen) atoms. The minimum atomic E-state index is -1.00. The summed E-state index contributed by atoms with van der Waals surface area (Å²) in [7, 11) is 0. The monoisotopic (exact) mass is 274 g/mol. The summed E-state index contributed by atoms with van der Waals surface area (Å²) in [5.74, 6) is -0.501. The Morgan fingerprint density at radius 1 is 1.32 bits per heavy atom. The van der Waals surface area contributed by atoms with Gasteiger partial charge in [-0.2, -0.15) is 0 Å². The van der Waals surface area contributed by atoms with Crippen LogP contribution in [0.25, 0.3) is 0 Å². The zero-order valence-electron chi connectivity index (χ0n) is 12.1. The van der Waals surface area contributed by atoms with Crippen molar-refractivity contribution in [1.82, 2.24) is 10.6 Å². The standard InChI is InChI=1S/C13H26N2O4/c1-4-6-11(12(16)17)15-13(18)14-7-5-8-19-9-10(2)3/h10-11H,4-9H2,1-3H3,(H,16,17)(H2,14,15,18)/t11-/m0/s1. The van der Waals surface area contributed by atoms with Crippen LogP contribution in [0.2, 0.25) is 0 Å². The maximum Gasteiger partial charge on any atom is 0.326 e. The summed E-state index contributed by atoms with van der Waals surface area (Å²) in [6.45, 7) is 7.81. The normalized spacial score (nSPS) is 12.2. The zero-order chi connectivity index (χ0) is 14.7. The van der Waals surface area contributed by atoms with Crippen molar-refractivity contribution >= 4 is 12.0 Å². The van der Waals surface area contributed by atoms with Gasteiger partial charge >= 0.3 is 12.0 Å². The quantitative estimate of drug-likeness (QED) is 0.528. The fourth-order valence-corrected chi connectivity index (χ4v) is 1.45. The molecule has 2 amide bonds. The highest BCUT2D eigenvalue weighted by Crippen LogP contribution is 1.96. The molecule has 3 N–H and O–H groups in total. The Morgan fingerprint density at radius 2 is 2.00 bits per heavy atom. The summed E-state index contributed by atoms with van der Waals surface area (Å²) >= 11 is 0. The average molecular weight is 274 g/mol. The molecular weight excluding hydrogens is 248 g/mol. The number of aliphatic carboxylic acids is 1. The van der Waals surface area contributed by atoms with E-state index in [0.29, 0.717) is 44.9 Å². The zero-order valence-corrected chi connectivity index (χ0v) is 12.1. The van der Waals surface area contributed by atoms with Gasteiger partial charge in [0.1, 0.15) is 6.04 Å². The van der Waals surface area contributed by atoms with E-state index >= 15 is 0 Å². The predicted molar refractivity (Wildman–Crippen MR) is 73.1 cm³/mol. The number of urea groups is 1. The second-order valence-corrected chi connectivity index (χ2v) is 4.90. The van der Waals surface area contributed by atoms with Crippen LogP contribution < -0.4 is 10.6 Å². The van der Waals surface area contributed by atoms with Crippen LogP contribution in [0.15, 0.2) is 0 Å². The molecule has 0 fully saturated rings. The topological polar surface area (TPSA) is 87.7 Å². The first-order valence-corrected chi connectivity index (χ1v) is 6.82. The maximum atomic E-state index is 11.4. The summed E-state index contributed by atoms with van der Waals surface area (Å²) in [6, 6.07) is -1.26. The van der Waals surface area contributed by atoms with Crippen molar-refractivity contribution in [3.8, 4) is 0 Å². The number of amides is 2. The molecular formula is C13H26N2O4. The lowest BCUT2D eigenvalue weighted by Gasteiger charge is -2.14. The minimum absolute atomic E-state index is 0.431. The first kappa shape index (κ1) is 17.7.